The average molecular weight is 303 g/mol. The summed E-state index contributed by atoms with van der Waals surface area (Å²) in [5.74, 6) is 2.12. The molecular weight excluding hydrogens is 265 g/mol. The summed E-state index contributed by atoms with van der Waals surface area (Å²) in [6.07, 6.45) is 24.1. The topological polar surface area (TPSA) is 3.24 Å². The molecule has 0 N–H and O–H groups in total. The molecule has 0 saturated carbocycles. The van der Waals surface area contributed by atoms with E-state index in [1.54, 1.807) is 0 Å². The number of fused-ring (bicyclic) bond motifs is 2. The van der Waals surface area contributed by atoms with Gasteiger partial charge in [-0.15, -0.1) is 0 Å². The maximum Gasteiger partial charge on any atom is 0.229 e. The van der Waals surface area contributed by atoms with Crippen molar-refractivity contribution in [1.82, 2.24) is 4.81 Å². The van der Waals surface area contributed by atoms with Crippen LogP contribution in [-0.2, 0) is 0 Å². The maximum absolute atomic E-state index is 2.99. The molecule has 0 aromatic heterocycles. The van der Waals surface area contributed by atoms with Crippen molar-refractivity contribution in [3.63, 3.8) is 0 Å². The zero-order chi connectivity index (χ0) is 15.0. The minimum atomic E-state index is 0.979. The van der Waals surface area contributed by atoms with E-state index in [0.717, 1.165) is 18.5 Å². The fraction of sp³-hybridized carbons (Fsp3) is 1.00. The van der Waals surface area contributed by atoms with Crippen LogP contribution in [0.15, 0.2) is 0 Å². The van der Waals surface area contributed by atoms with Crippen molar-refractivity contribution >= 4 is 6.85 Å². The van der Waals surface area contributed by atoms with Gasteiger partial charge in [0.05, 0.1) is 0 Å². The standard InChI is InChI=1S/C20H38BN/c1-2-4-6-8-10-18-22(17-9-7-5-3-1)21-19-13-11-14-20(21)16-12-15-19/h19-20H,1-18H2. The predicted octanol–water partition coefficient (Wildman–Crippen LogP) is 6.30. The quantitative estimate of drug-likeness (QED) is 0.514. The Morgan fingerprint density at radius 3 is 1.23 bits per heavy atom. The highest BCUT2D eigenvalue weighted by atomic mass is 15.1. The van der Waals surface area contributed by atoms with Gasteiger partial charge in [0.15, 0.2) is 0 Å². The van der Waals surface area contributed by atoms with Crippen molar-refractivity contribution < 1.29 is 0 Å². The summed E-state index contributed by atoms with van der Waals surface area (Å²) in [5.41, 5.74) is 0. The molecule has 3 fully saturated rings. The van der Waals surface area contributed by atoms with E-state index in [9.17, 15) is 0 Å². The lowest BCUT2D eigenvalue weighted by Crippen LogP contribution is -2.50. The van der Waals surface area contributed by atoms with Crippen molar-refractivity contribution in [2.24, 2.45) is 0 Å². The van der Waals surface area contributed by atoms with Gasteiger partial charge in [0.25, 0.3) is 0 Å². The van der Waals surface area contributed by atoms with E-state index in [1.807, 2.05) is 0 Å². The predicted molar refractivity (Wildman–Crippen MR) is 98.7 cm³/mol. The summed E-state index contributed by atoms with van der Waals surface area (Å²) < 4.78 is 0. The molecule has 0 aromatic carbocycles. The van der Waals surface area contributed by atoms with Crippen molar-refractivity contribution in [3.05, 3.63) is 0 Å². The minimum absolute atomic E-state index is 0.979. The Hall–Kier alpha value is 0.0249. The second-order valence-electron chi connectivity index (χ2n) is 8.44. The van der Waals surface area contributed by atoms with E-state index in [4.69, 9.17) is 0 Å². The zero-order valence-electron chi connectivity index (χ0n) is 14.9. The first kappa shape index (κ1) is 16.9. The van der Waals surface area contributed by atoms with Crippen LogP contribution in [0.4, 0.5) is 0 Å². The third kappa shape index (κ3) is 4.76. The second kappa shape index (κ2) is 9.35. The van der Waals surface area contributed by atoms with Gasteiger partial charge in [0, 0.05) is 0 Å². The first-order chi connectivity index (χ1) is 10.9. The van der Waals surface area contributed by atoms with Crippen LogP contribution in [0.5, 0.6) is 0 Å². The Bertz CT molecular complexity index is 270. The molecule has 3 aliphatic heterocycles. The molecule has 3 heterocycles. The van der Waals surface area contributed by atoms with Crippen LogP contribution in [0.25, 0.3) is 0 Å². The van der Waals surface area contributed by atoms with Gasteiger partial charge in [-0.3, -0.25) is 0 Å². The summed E-state index contributed by atoms with van der Waals surface area (Å²) in [7, 11) is 0. The van der Waals surface area contributed by atoms with Crippen LogP contribution >= 0.6 is 0 Å². The van der Waals surface area contributed by atoms with Gasteiger partial charge in [-0.25, -0.2) is 0 Å². The molecule has 0 atom stereocenters. The van der Waals surface area contributed by atoms with E-state index in [2.05, 4.69) is 4.81 Å². The minimum Gasteiger partial charge on any atom is -0.341 e. The van der Waals surface area contributed by atoms with Crippen LogP contribution in [-0.4, -0.2) is 24.7 Å². The van der Waals surface area contributed by atoms with Crippen LogP contribution in [0.1, 0.15) is 103 Å². The Balaban J connectivity index is 1.57. The van der Waals surface area contributed by atoms with Gasteiger partial charge in [-0.2, -0.15) is 0 Å². The largest absolute Gasteiger partial charge is 0.341 e. The van der Waals surface area contributed by atoms with Crippen LogP contribution in [0.2, 0.25) is 11.6 Å². The molecule has 0 unspecified atom stereocenters. The maximum atomic E-state index is 2.99. The average Bonchev–Trinajstić information content (AvgIpc) is 2.55. The molecule has 2 bridgehead atoms. The van der Waals surface area contributed by atoms with Gasteiger partial charge in [-0.1, -0.05) is 89.9 Å². The zero-order valence-corrected chi connectivity index (χ0v) is 14.9. The smallest absolute Gasteiger partial charge is 0.229 e. The molecule has 0 aromatic rings. The van der Waals surface area contributed by atoms with Gasteiger partial charge in [0.2, 0.25) is 6.85 Å². The van der Waals surface area contributed by atoms with E-state index in [0.29, 0.717) is 0 Å². The lowest BCUT2D eigenvalue weighted by atomic mass is 9.33. The highest BCUT2D eigenvalue weighted by Crippen LogP contribution is 2.47. The molecule has 1 nitrogen and oxygen atoms in total. The molecule has 3 rings (SSSR count). The molecule has 0 radical (unpaired) electrons. The third-order valence-corrected chi connectivity index (χ3v) is 6.83. The third-order valence-electron chi connectivity index (χ3n) is 6.83. The Labute approximate surface area is 139 Å². The molecule has 22 heavy (non-hydrogen) atoms. The molecule has 0 amide bonds. The van der Waals surface area contributed by atoms with Crippen molar-refractivity contribution in [2.75, 3.05) is 13.1 Å². The van der Waals surface area contributed by atoms with Crippen molar-refractivity contribution in [2.45, 2.75) is 114 Å². The van der Waals surface area contributed by atoms with E-state index < -0.39 is 0 Å². The van der Waals surface area contributed by atoms with Crippen LogP contribution in [0.3, 0.4) is 0 Å². The van der Waals surface area contributed by atoms with E-state index in [1.165, 1.54) is 116 Å². The van der Waals surface area contributed by atoms with Crippen LogP contribution in [0, 0.1) is 0 Å². The Kier molecular flexibility index (Phi) is 7.17. The number of nitrogens with zero attached hydrogens (tertiary/aromatic N) is 1. The fourth-order valence-corrected chi connectivity index (χ4v) is 5.69. The van der Waals surface area contributed by atoms with Gasteiger partial charge in [-0.05, 0) is 37.6 Å². The summed E-state index contributed by atoms with van der Waals surface area (Å²) in [5, 5.41) is 0. The molecule has 2 heteroatoms. The van der Waals surface area contributed by atoms with Crippen LogP contribution < -0.4 is 0 Å². The molecule has 0 aliphatic carbocycles. The molecule has 0 spiro atoms. The van der Waals surface area contributed by atoms with Gasteiger partial charge >= 0.3 is 0 Å². The number of hydrogen-bond donors (Lipinski definition) is 0. The normalized spacial score (nSPS) is 33.5. The Morgan fingerprint density at radius 2 is 0.818 bits per heavy atom. The van der Waals surface area contributed by atoms with Gasteiger partial charge < -0.3 is 4.81 Å². The summed E-state index contributed by atoms with van der Waals surface area (Å²) in [6, 6.07) is 0. The highest BCUT2D eigenvalue weighted by Gasteiger charge is 2.42. The molecular formula is C20H38BN. The molecule has 3 aliphatic rings. The first-order valence-electron chi connectivity index (χ1n) is 10.7. The van der Waals surface area contributed by atoms with E-state index in [-0.39, 0.29) is 0 Å². The fourth-order valence-electron chi connectivity index (χ4n) is 5.69. The van der Waals surface area contributed by atoms with Gasteiger partial charge in [0.1, 0.15) is 0 Å². The summed E-state index contributed by atoms with van der Waals surface area (Å²) >= 11 is 0. The number of rotatable bonds is 1. The monoisotopic (exact) mass is 303 g/mol. The highest BCUT2D eigenvalue weighted by molar-refractivity contribution is 6.59. The molecule has 3 saturated heterocycles. The lowest BCUT2D eigenvalue weighted by Gasteiger charge is -2.46. The SMILES string of the molecule is C1CCCCCCN(B2C3CCCC2CCC3)CCCCC1. The lowest BCUT2D eigenvalue weighted by molar-refractivity contribution is 0.338. The summed E-state index contributed by atoms with van der Waals surface area (Å²) in [6.45, 7) is 3.81. The van der Waals surface area contributed by atoms with E-state index >= 15 is 0 Å². The molecule has 126 valence electrons. The number of hydrogen-bond acceptors (Lipinski definition) is 1. The van der Waals surface area contributed by atoms with Crippen molar-refractivity contribution in [3.8, 4) is 0 Å². The second-order valence-corrected chi connectivity index (χ2v) is 8.44. The first-order valence-corrected chi connectivity index (χ1v) is 10.7. The Morgan fingerprint density at radius 1 is 0.455 bits per heavy atom. The van der Waals surface area contributed by atoms with Crippen molar-refractivity contribution in [1.29, 1.82) is 0 Å². The summed E-state index contributed by atoms with van der Waals surface area (Å²) in [4.78, 5) is 2.99.